The molecular formula is C20H17F3N6OS. The number of benzene rings is 1. The molecule has 0 radical (unpaired) electrons. The van der Waals surface area contributed by atoms with Crippen LogP contribution in [0.4, 0.5) is 24.7 Å². The molecule has 3 atom stereocenters. The minimum absolute atomic E-state index is 0.0531. The second-order valence-corrected chi connectivity index (χ2v) is 8.68. The first kappa shape index (κ1) is 19.9. The molecule has 0 saturated heterocycles. The van der Waals surface area contributed by atoms with Crippen molar-refractivity contribution in [2.45, 2.75) is 17.2 Å². The van der Waals surface area contributed by atoms with Gasteiger partial charge in [-0.2, -0.15) is 0 Å². The number of pyridine rings is 1. The molecule has 2 aliphatic rings. The highest BCUT2D eigenvalue weighted by Gasteiger charge is 2.58. The molecule has 1 fully saturated rings. The Morgan fingerprint density at radius 1 is 1.26 bits per heavy atom. The number of nitrogens with zero attached hydrogens (tertiary/aromatic N) is 4. The molecule has 3 aromatic rings. The number of rotatable bonds is 5. The molecule has 1 aliphatic carbocycles. The number of alkyl halides is 1. The van der Waals surface area contributed by atoms with Crippen LogP contribution in [0, 0.1) is 17.6 Å². The molecule has 11 heteroatoms. The van der Waals surface area contributed by atoms with Crippen LogP contribution in [0.1, 0.15) is 12.0 Å². The summed E-state index contributed by atoms with van der Waals surface area (Å²) in [7, 11) is 1.51. The molecular weight excluding hydrogens is 429 g/mol. The van der Waals surface area contributed by atoms with Crippen molar-refractivity contribution in [2.75, 3.05) is 19.1 Å². The van der Waals surface area contributed by atoms with Crippen molar-refractivity contribution in [2.24, 2.45) is 16.6 Å². The van der Waals surface area contributed by atoms with E-state index in [1.165, 1.54) is 37.5 Å². The predicted octanol–water partition coefficient (Wildman–Crippen LogP) is 3.67. The fourth-order valence-corrected chi connectivity index (χ4v) is 5.19. The van der Waals surface area contributed by atoms with E-state index in [1.807, 2.05) is 0 Å². The molecule has 0 unspecified atom stereocenters. The largest absolute Gasteiger partial charge is 0.495 e. The summed E-state index contributed by atoms with van der Waals surface area (Å²) in [4.78, 5) is 16.8. The zero-order valence-electron chi connectivity index (χ0n) is 16.3. The summed E-state index contributed by atoms with van der Waals surface area (Å²) >= 11 is 1.34. The number of aromatic nitrogens is 3. The molecule has 1 saturated carbocycles. The third kappa shape index (κ3) is 3.23. The van der Waals surface area contributed by atoms with Crippen LogP contribution in [-0.2, 0) is 5.54 Å². The summed E-state index contributed by atoms with van der Waals surface area (Å²) in [5.74, 6) is -1.70. The van der Waals surface area contributed by atoms with Gasteiger partial charge in [0.1, 0.15) is 29.8 Å². The van der Waals surface area contributed by atoms with E-state index in [0.717, 1.165) is 6.07 Å². The highest BCUT2D eigenvalue weighted by atomic mass is 32.2. The predicted molar refractivity (Wildman–Crippen MR) is 112 cm³/mol. The number of nitrogens with two attached hydrogens (primary N) is 1. The van der Waals surface area contributed by atoms with Gasteiger partial charge in [-0.05, 0) is 12.5 Å². The maximum absolute atomic E-state index is 14.9. The zero-order valence-corrected chi connectivity index (χ0v) is 17.1. The lowest BCUT2D eigenvalue weighted by Gasteiger charge is -2.31. The summed E-state index contributed by atoms with van der Waals surface area (Å²) in [5, 5.41) is 3.17. The smallest absolute Gasteiger partial charge is 0.164 e. The molecule has 0 bridgehead atoms. The average Bonchev–Trinajstić information content (AvgIpc) is 3.55. The van der Waals surface area contributed by atoms with E-state index >= 15 is 0 Å². The maximum Gasteiger partial charge on any atom is 0.164 e. The van der Waals surface area contributed by atoms with Gasteiger partial charge in [-0.15, -0.1) is 0 Å². The van der Waals surface area contributed by atoms with E-state index in [9.17, 15) is 13.2 Å². The summed E-state index contributed by atoms with van der Waals surface area (Å²) < 4.78 is 48.9. The van der Waals surface area contributed by atoms with E-state index in [2.05, 4.69) is 25.3 Å². The Bertz CT molecular complexity index is 1220. The minimum atomic E-state index is -1.54. The van der Waals surface area contributed by atoms with Crippen molar-refractivity contribution in [1.82, 2.24) is 15.0 Å². The number of hydrogen-bond acceptors (Lipinski definition) is 8. The monoisotopic (exact) mass is 446 g/mol. The van der Waals surface area contributed by atoms with Crippen LogP contribution in [0.25, 0.3) is 11.0 Å². The number of thioether (sulfide) groups is 1. The van der Waals surface area contributed by atoms with Gasteiger partial charge in [0, 0.05) is 34.6 Å². The lowest BCUT2D eigenvalue weighted by atomic mass is 9.85. The third-order valence-corrected chi connectivity index (χ3v) is 6.73. The Morgan fingerprint density at radius 3 is 2.87 bits per heavy atom. The van der Waals surface area contributed by atoms with Crippen LogP contribution in [0.3, 0.4) is 0 Å². The highest BCUT2D eigenvalue weighted by molar-refractivity contribution is 8.14. The summed E-state index contributed by atoms with van der Waals surface area (Å²) in [5.41, 5.74) is 5.25. The van der Waals surface area contributed by atoms with E-state index < -0.39 is 23.8 Å². The first-order chi connectivity index (χ1) is 14.9. The zero-order chi connectivity index (χ0) is 21.8. The molecule has 3 heterocycles. The number of fused-ring (bicyclic) bond motifs is 2. The molecule has 0 amide bonds. The van der Waals surface area contributed by atoms with Gasteiger partial charge in [0.25, 0.3) is 0 Å². The van der Waals surface area contributed by atoms with Crippen molar-refractivity contribution in [1.29, 1.82) is 0 Å². The summed E-state index contributed by atoms with van der Waals surface area (Å²) in [6.45, 7) is -0.979. The Morgan fingerprint density at radius 2 is 2.10 bits per heavy atom. The number of aliphatic imine (C=N–C) groups is 1. The summed E-state index contributed by atoms with van der Waals surface area (Å²) in [6.07, 6.45) is 3.45. The van der Waals surface area contributed by atoms with Crippen LogP contribution in [0.5, 0.6) is 5.75 Å². The van der Waals surface area contributed by atoms with Crippen LogP contribution in [0.15, 0.2) is 35.7 Å². The summed E-state index contributed by atoms with van der Waals surface area (Å²) in [6, 6.07) is 4.02. The van der Waals surface area contributed by atoms with Crippen LogP contribution < -0.4 is 15.8 Å². The van der Waals surface area contributed by atoms with Crippen molar-refractivity contribution in [3.8, 4) is 5.75 Å². The van der Waals surface area contributed by atoms with Gasteiger partial charge in [-0.1, -0.05) is 11.8 Å². The van der Waals surface area contributed by atoms with Crippen LogP contribution in [0.2, 0.25) is 0 Å². The standard InChI is InChI=1S/C20H17F3N6OS/c1-30-10-4-14-17(25-6-10)18(27-8-26-14)28-9-2-12(16(23)13(22)3-9)20(7-21)11-5-15(11)31-19(24)29-20/h2-4,6,8,11,15H,5,7H2,1H3,(H2,24,29)(H,26,27,28)/t11-,15+,20+/m1/s1. The molecule has 5 rings (SSSR count). The second-order valence-electron chi connectivity index (χ2n) is 7.42. The van der Waals surface area contributed by atoms with Gasteiger partial charge in [0.05, 0.1) is 18.8 Å². The van der Waals surface area contributed by atoms with Crippen molar-refractivity contribution < 1.29 is 17.9 Å². The normalized spacial score (nSPS) is 24.5. The topological polar surface area (TPSA) is 98.3 Å². The van der Waals surface area contributed by atoms with E-state index in [4.69, 9.17) is 10.5 Å². The van der Waals surface area contributed by atoms with Gasteiger partial charge in [0.2, 0.25) is 0 Å². The Hall–Kier alpha value is -3.08. The number of nitrogens with one attached hydrogen (secondary N) is 1. The molecule has 0 spiro atoms. The Labute approximate surface area is 179 Å². The fourth-order valence-electron chi connectivity index (χ4n) is 3.97. The second kappa shape index (κ2) is 7.26. The molecule has 1 aliphatic heterocycles. The van der Waals surface area contributed by atoms with Crippen molar-refractivity contribution >= 4 is 39.5 Å². The first-order valence-electron chi connectivity index (χ1n) is 9.44. The molecule has 31 heavy (non-hydrogen) atoms. The number of hydrogen-bond donors (Lipinski definition) is 2. The van der Waals surface area contributed by atoms with E-state index in [0.29, 0.717) is 23.2 Å². The molecule has 7 nitrogen and oxygen atoms in total. The third-order valence-electron chi connectivity index (χ3n) is 5.57. The first-order valence-corrected chi connectivity index (χ1v) is 10.3. The number of halogens is 3. The Balaban J connectivity index is 1.59. The van der Waals surface area contributed by atoms with Gasteiger partial charge in [0.15, 0.2) is 22.6 Å². The molecule has 160 valence electrons. The minimum Gasteiger partial charge on any atom is -0.495 e. The van der Waals surface area contributed by atoms with Gasteiger partial charge in [-0.25, -0.2) is 33.1 Å². The molecule has 2 aromatic heterocycles. The van der Waals surface area contributed by atoms with Crippen LogP contribution >= 0.6 is 11.8 Å². The lowest BCUT2D eigenvalue weighted by Crippen LogP contribution is -2.37. The Kier molecular flexibility index (Phi) is 4.65. The average molecular weight is 446 g/mol. The van der Waals surface area contributed by atoms with Crippen LogP contribution in [-0.4, -0.2) is 39.2 Å². The van der Waals surface area contributed by atoms with E-state index in [1.54, 1.807) is 6.07 Å². The quantitative estimate of drug-likeness (QED) is 0.617. The van der Waals surface area contributed by atoms with Crippen molar-refractivity contribution in [3.05, 3.63) is 47.9 Å². The number of amidine groups is 1. The SMILES string of the molecule is COc1cnc2c(Nc3cc(F)c(F)c([C@@]4(CF)N=C(N)S[C@H]5C[C@H]54)c3)ncnc2c1. The fraction of sp³-hybridized carbons (Fsp3) is 0.300. The van der Waals surface area contributed by atoms with E-state index in [-0.39, 0.29) is 33.4 Å². The van der Waals surface area contributed by atoms with Gasteiger partial charge < -0.3 is 15.8 Å². The highest BCUT2D eigenvalue weighted by Crippen LogP contribution is 2.58. The lowest BCUT2D eigenvalue weighted by molar-refractivity contribution is 0.269. The van der Waals surface area contributed by atoms with Gasteiger partial charge in [-0.3, -0.25) is 0 Å². The van der Waals surface area contributed by atoms with Gasteiger partial charge >= 0.3 is 0 Å². The number of methoxy groups -OCH3 is 1. The number of anilines is 2. The molecule has 3 N–H and O–H groups in total. The maximum atomic E-state index is 14.9. The van der Waals surface area contributed by atoms with Crippen molar-refractivity contribution in [3.63, 3.8) is 0 Å². The number of ether oxygens (including phenoxy) is 1. The molecule has 1 aromatic carbocycles.